The van der Waals surface area contributed by atoms with Crippen molar-refractivity contribution in [3.05, 3.63) is 29.8 Å². The zero-order chi connectivity index (χ0) is 14.7. The second-order valence-electron chi connectivity index (χ2n) is 5.55. The highest BCUT2D eigenvalue weighted by Crippen LogP contribution is 2.20. The van der Waals surface area contributed by atoms with Crippen LogP contribution in [0.15, 0.2) is 24.3 Å². The lowest BCUT2D eigenvalue weighted by Gasteiger charge is -2.36. The predicted octanol–water partition coefficient (Wildman–Crippen LogP) is 1.27. The smallest absolute Gasteiger partial charge is 0.243 e. The second kappa shape index (κ2) is 5.94. The lowest BCUT2D eigenvalue weighted by Crippen LogP contribution is -2.58. The Morgan fingerprint density at radius 2 is 2.15 bits per heavy atom. The number of hydrogen-bond acceptors (Lipinski definition) is 3. The molecule has 108 valence electrons. The van der Waals surface area contributed by atoms with Gasteiger partial charge in [-0.05, 0) is 30.0 Å². The predicted molar refractivity (Wildman–Crippen MR) is 74.9 cm³/mol. The maximum absolute atomic E-state index is 12.1. The summed E-state index contributed by atoms with van der Waals surface area (Å²) in [5, 5.41) is 12.1. The lowest BCUT2D eigenvalue weighted by atomic mass is 9.99. The molecule has 2 amide bonds. The fourth-order valence-corrected chi connectivity index (χ4v) is 2.43. The van der Waals surface area contributed by atoms with Gasteiger partial charge in [-0.25, -0.2) is 0 Å². The van der Waals surface area contributed by atoms with E-state index in [1.54, 1.807) is 23.1 Å². The summed E-state index contributed by atoms with van der Waals surface area (Å²) in [6.45, 7) is 4.45. The van der Waals surface area contributed by atoms with E-state index in [9.17, 15) is 14.7 Å². The Morgan fingerprint density at radius 3 is 2.80 bits per heavy atom. The Kier molecular flexibility index (Phi) is 4.27. The molecule has 1 unspecified atom stereocenters. The Bertz CT molecular complexity index is 514. The van der Waals surface area contributed by atoms with Gasteiger partial charge in [0.15, 0.2) is 0 Å². The molecule has 0 radical (unpaired) electrons. The molecule has 1 aliphatic rings. The SMILES string of the molecule is CC(C)CC1C(=O)NCC(=O)N1Cc1cccc(O)c1. The molecule has 5 nitrogen and oxygen atoms in total. The minimum absolute atomic E-state index is 0.0479. The average molecular weight is 276 g/mol. The van der Waals surface area contributed by atoms with Crippen molar-refractivity contribution in [1.29, 1.82) is 0 Å². The second-order valence-corrected chi connectivity index (χ2v) is 5.55. The first kappa shape index (κ1) is 14.4. The molecular formula is C15H20N2O3. The molecule has 0 aromatic heterocycles. The summed E-state index contributed by atoms with van der Waals surface area (Å²) in [5.41, 5.74) is 0.821. The molecule has 1 aliphatic heterocycles. The number of carbonyl (C=O) groups is 2. The van der Waals surface area contributed by atoms with E-state index in [-0.39, 0.29) is 24.1 Å². The molecule has 0 bridgehead atoms. The monoisotopic (exact) mass is 276 g/mol. The van der Waals surface area contributed by atoms with E-state index in [0.717, 1.165) is 5.56 Å². The van der Waals surface area contributed by atoms with Crippen LogP contribution in [0.5, 0.6) is 5.75 Å². The van der Waals surface area contributed by atoms with Gasteiger partial charge in [-0.3, -0.25) is 9.59 Å². The van der Waals surface area contributed by atoms with E-state index in [4.69, 9.17) is 0 Å². The van der Waals surface area contributed by atoms with Crippen LogP contribution in [0.2, 0.25) is 0 Å². The molecule has 1 fully saturated rings. The quantitative estimate of drug-likeness (QED) is 0.870. The number of piperazine rings is 1. The van der Waals surface area contributed by atoms with Gasteiger partial charge in [0.05, 0.1) is 6.54 Å². The Balaban J connectivity index is 2.19. The summed E-state index contributed by atoms with van der Waals surface area (Å²) in [6, 6.07) is 6.34. The van der Waals surface area contributed by atoms with Crippen LogP contribution in [0.3, 0.4) is 0 Å². The van der Waals surface area contributed by atoms with Crippen LogP contribution in [-0.4, -0.2) is 34.4 Å². The topological polar surface area (TPSA) is 69.6 Å². The highest BCUT2D eigenvalue weighted by molar-refractivity contribution is 5.94. The van der Waals surface area contributed by atoms with Crippen LogP contribution in [0, 0.1) is 5.92 Å². The van der Waals surface area contributed by atoms with E-state index < -0.39 is 6.04 Å². The summed E-state index contributed by atoms with van der Waals surface area (Å²) in [7, 11) is 0. The van der Waals surface area contributed by atoms with Gasteiger partial charge in [0.2, 0.25) is 11.8 Å². The summed E-state index contributed by atoms with van der Waals surface area (Å²) < 4.78 is 0. The van der Waals surface area contributed by atoms with E-state index in [2.05, 4.69) is 5.32 Å². The van der Waals surface area contributed by atoms with Gasteiger partial charge in [-0.15, -0.1) is 0 Å². The van der Waals surface area contributed by atoms with Crippen molar-refractivity contribution in [1.82, 2.24) is 10.2 Å². The van der Waals surface area contributed by atoms with Crippen molar-refractivity contribution >= 4 is 11.8 Å². The van der Waals surface area contributed by atoms with E-state index in [1.165, 1.54) is 0 Å². The third-order valence-corrected chi connectivity index (χ3v) is 3.37. The molecule has 1 heterocycles. The van der Waals surface area contributed by atoms with Crippen molar-refractivity contribution in [2.75, 3.05) is 6.54 Å². The maximum atomic E-state index is 12.1. The molecule has 20 heavy (non-hydrogen) atoms. The third-order valence-electron chi connectivity index (χ3n) is 3.37. The van der Waals surface area contributed by atoms with Crippen molar-refractivity contribution in [2.45, 2.75) is 32.9 Å². The first-order valence-electron chi connectivity index (χ1n) is 6.82. The Hall–Kier alpha value is -2.04. The summed E-state index contributed by atoms with van der Waals surface area (Å²) in [5.74, 6) is 0.303. The van der Waals surface area contributed by atoms with Crippen molar-refractivity contribution in [2.24, 2.45) is 5.92 Å². The van der Waals surface area contributed by atoms with Crippen LogP contribution in [0.4, 0.5) is 0 Å². The van der Waals surface area contributed by atoms with Gasteiger partial charge in [0.1, 0.15) is 11.8 Å². The minimum Gasteiger partial charge on any atom is -0.508 e. The Morgan fingerprint density at radius 1 is 1.40 bits per heavy atom. The maximum Gasteiger partial charge on any atom is 0.243 e. The third kappa shape index (κ3) is 3.29. The van der Waals surface area contributed by atoms with Gasteiger partial charge in [0, 0.05) is 6.54 Å². The average Bonchev–Trinajstić information content (AvgIpc) is 2.38. The number of carbonyl (C=O) groups excluding carboxylic acids is 2. The Labute approximate surface area is 118 Å². The zero-order valence-electron chi connectivity index (χ0n) is 11.8. The largest absolute Gasteiger partial charge is 0.508 e. The molecule has 1 aromatic carbocycles. The fourth-order valence-electron chi connectivity index (χ4n) is 2.43. The lowest BCUT2D eigenvalue weighted by molar-refractivity contribution is -0.146. The number of phenols is 1. The van der Waals surface area contributed by atoms with Crippen LogP contribution >= 0.6 is 0 Å². The van der Waals surface area contributed by atoms with Gasteiger partial charge in [-0.2, -0.15) is 0 Å². The first-order chi connectivity index (χ1) is 9.47. The molecular weight excluding hydrogens is 256 g/mol. The summed E-state index contributed by atoms with van der Waals surface area (Å²) >= 11 is 0. The molecule has 1 atom stereocenters. The normalized spacial score (nSPS) is 19.4. The molecule has 1 saturated heterocycles. The molecule has 1 aromatic rings. The van der Waals surface area contributed by atoms with E-state index in [0.29, 0.717) is 18.9 Å². The van der Waals surface area contributed by atoms with Gasteiger partial charge in [0.25, 0.3) is 0 Å². The number of rotatable bonds is 4. The number of phenolic OH excluding ortho intramolecular Hbond substituents is 1. The minimum atomic E-state index is -0.432. The van der Waals surface area contributed by atoms with Crippen molar-refractivity contribution in [3.8, 4) is 5.75 Å². The first-order valence-corrected chi connectivity index (χ1v) is 6.82. The van der Waals surface area contributed by atoms with Crippen molar-refractivity contribution < 1.29 is 14.7 Å². The number of amides is 2. The van der Waals surface area contributed by atoms with Crippen molar-refractivity contribution in [3.63, 3.8) is 0 Å². The van der Waals surface area contributed by atoms with Crippen LogP contribution < -0.4 is 5.32 Å². The molecule has 5 heteroatoms. The summed E-state index contributed by atoms with van der Waals surface area (Å²) in [4.78, 5) is 25.7. The van der Waals surface area contributed by atoms with Gasteiger partial charge in [-0.1, -0.05) is 26.0 Å². The van der Waals surface area contributed by atoms with Crippen LogP contribution in [0.1, 0.15) is 25.8 Å². The number of nitrogens with one attached hydrogen (secondary N) is 1. The standard InChI is InChI=1S/C15H20N2O3/c1-10(2)6-13-15(20)16-8-14(19)17(13)9-11-4-3-5-12(18)7-11/h3-5,7,10,13,18H,6,8-9H2,1-2H3,(H,16,20). The van der Waals surface area contributed by atoms with Crippen LogP contribution in [-0.2, 0) is 16.1 Å². The zero-order valence-corrected chi connectivity index (χ0v) is 11.8. The number of nitrogens with zero attached hydrogens (tertiary/aromatic N) is 1. The fraction of sp³-hybridized carbons (Fsp3) is 0.467. The van der Waals surface area contributed by atoms with Gasteiger partial charge < -0.3 is 15.3 Å². The highest BCUT2D eigenvalue weighted by atomic mass is 16.3. The number of hydrogen-bond donors (Lipinski definition) is 2. The molecule has 0 spiro atoms. The number of aromatic hydroxyl groups is 1. The number of benzene rings is 1. The molecule has 0 aliphatic carbocycles. The summed E-state index contributed by atoms with van der Waals surface area (Å²) in [6.07, 6.45) is 0.635. The molecule has 2 N–H and O–H groups in total. The van der Waals surface area contributed by atoms with Crippen LogP contribution in [0.25, 0.3) is 0 Å². The molecule has 0 saturated carbocycles. The molecule has 2 rings (SSSR count). The van der Waals surface area contributed by atoms with Gasteiger partial charge >= 0.3 is 0 Å². The highest BCUT2D eigenvalue weighted by Gasteiger charge is 2.34. The van der Waals surface area contributed by atoms with E-state index in [1.807, 2.05) is 19.9 Å². The van der Waals surface area contributed by atoms with E-state index >= 15 is 0 Å².